The second-order valence-electron chi connectivity index (χ2n) is 4.62. The van der Waals surface area contributed by atoms with Gasteiger partial charge in [-0.15, -0.1) is 0 Å². The van der Waals surface area contributed by atoms with E-state index in [0.29, 0.717) is 16.9 Å². The molecule has 0 aliphatic carbocycles. The fourth-order valence-corrected chi connectivity index (χ4v) is 3.75. The molecule has 0 saturated carbocycles. The number of sulfone groups is 1. The molecule has 0 atom stereocenters. The minimum Gasteiger partial charge on any atom is -0.508 e. The summed E-state index contributed by atoms with van der Waals surface area (Å²) in [5.41, 5.74) is 0.933. The Balaban J connectivity index is 1.88. The van der Waals surface area contributed by atoms with E-state index < -0.39 is 9.84 Å². The highest BCUT2D eigenvalue weighted by molar-refractivity contribution is 7.95. The maximum absolute atomic E-state index is 12.0. The highest BCUT2D eigenvalue weighted by Gasteiger charge is 2.30. The van der Waals surface area contributed by atoms with E-state index in [1.54, 1.807) is 24.3 Å². The molecule has 108 valence electrons. The summed E-state index contributed by atoms with van der Waals surface area (Å²) in [5.74, 6) is 0.378. The molecule has 0 fully saturated rings. The third-order valence-corrected chi connectivity index (χ3v) is 4.75. The molecule has 2 N–H and O–H groups in total. The largest absolute Gasteiger partial charge is 0.508 e. The molecule has 1 aliphatic rings. The van der Waals surface area contributed by atoms with Gasteiger partial charge in [0, 0.05) is 16.5 Å². The fraction of sp³-hybridized carbons (Fsp3) is 0.0667. The van der Waals surface area contributed by atoms with Gasteiger partial charge in [-0.2, -0.15) is 0 Å². The van der Waals surface area contributed by atoms with Crippen LogP contribution in [0.25, 0.3) is 5.57 Å². The Labute approximate surface area is 121 Å². The maximum Gasteiger partial charge on any atom is 0.204 e. The number of benzene rings is 2. The number of phenols is 2. The zero-order valence-corrected chi connectivity index (χ0v) is 11.7. The molecule has 21 heavy (non-hydrogen) atoms. The summed E-state index contributed by atoms with van der Waals surface area (Å²) < 4.78 is 29.5. The lowest BCUT2D eigenvalue weighted by molar-refractivity contribution is 0.368. The van der Waals surface area contributed by atoms with Gasteiger partial charge in [-0.3, -0.25) is 0 Å². The van der Waals surface area contributed by atoms with Gasteiger partial charge in [0.25, 0.3) is 0 Å². The second-order valence-corrected chi connectivity index (χ2v) is 6.36. The van der Waals surface area contributed by atoms with Gasteiger partial charge in [-0.25, -0.2) is 8.42 Å². The van der Waals surface area contributed by atoms with Crippen molar-refractivity contribution in [3.63, 3.8) is 0 Å². The molecule has 2 aromatic carbocycles. The molecular formula is C15H12O5S. The van der Waals surface area contributed by atoms with Gasteiger partial charge < -0.3 is 14.9 Å². The monoisotopic (exact) mass is 304 g/mol. The van der Waals surface area contributed by atoms with Gasteiger partial charge in [0.2, 0.25) is 9.84 Å². The van der Waals surface area contributed by atoms with E-state index >= 15 is 0 Å². The standard InChI is InChI=1S/C15H12O5S/c16-11-4-6-12(7-5-11)20-8-10-9-21(18,19)15-13(10)2-1-3-14(15)17/h1-7,9,16-17H,8H2. The zero-order valence-electron chi connectivity index (χ0n) is 10.9. The topological polar surface area (TPSA) is 83.8 Å². The fourth-order valence-electron chi connectivity index (χ4n) is 2.20. The molecule has 0 saturated heterocycles. The number of rotatable bonds is 3. The first-order chi connectivity index (χ1) is 9.97. The third kappa shape index (κ3) is 2.45. The lowest BCUT2D eigenvalue weighted by Crippen LogP contribution is -1.99. The molecule has 1 aliphatic heterocycles. The second kappa shape index (κ2) is 4.82. The van der Waals surface area contributed by atoms with Gasteiger partial charge in [0.1, 0.15) is 28.8 Å². The van der Waals surface area contributed by atoms with Crippen LogP contribution in [0, 0.1) is 0 Å². The third-order valence-electron chi connectivity index (χ3n) is 3.15. The average molecular weight is 304 g/mol. The van der Waals surface area contributed by atoms with Gasteiger partial charge in [0.05, 0.1) is 0 Å². The average Bonchev–Trinajstić information content (AvgIpc) is 2.71. The van der Waals surface area contributed by atoms with E-state index in [-0.39, 0.29) is 23.0 Å². The lowest BCUT2D eigenvalue weighted by Gasteiger charge is -2.08. The molecule has 6 heteroatoms. The molecule has 0 aromatic heterocycles. The van der Waals surface area contributed by atoms with Crippen molar-refractivity contribution in [3.8, 4) is 17.2 Å². The molecule has 0 amide bonds. The number of hydrogen-bond acceptors (Lipinski definition) is 5. The van der Waals surface area contributed by atoms with Gasteiger partial charge in [0.15, 0.2) is 0 Å². The van der Waals surface area contributed by atoms with E-state index in [2.05, 4.69) is 0 Å². The summed E-state index contributed by atoms with van der Waals surface area (Å²) in [6, 6.07) is 10.7. The van der Waals surface area contributed by atoms with E-state index in [4.69, 9.17) is 4.74 Å². The lowest BCUT2D eigenvalue weighted by atomic mass is 10.1. The molecule has 3 rings (SSSR count). The minimum atomic E-state index is -3.63. The van der Waals surface area contributed by atoms with E-state index in [0.717, 1.165) is 5.41 Å². The highest BCUT2D eigenvalue weighted by atomic mass is 32.2. The SMILES string of the molecule is O=S1(=O)C=C(COc2ccc(O)cc2)c2cccc(O)c21. The van der Waals surface area contributed by atoms with Crippen molar-refractivity contribution in [2.45, 2.75) is 4.90 Å². The quantitative estimate of drug-likeness (QED) is 0.909. The molecule has 5 nitrogen and oxygen atoms in total. The Kier molecular flexibility index (Phi) is 3.10. The summed E-state index contributed by atoms with van der Waals surface area (Å²) >= 11 is 0. The molecule has 0 unspecified atom stereocenters. The van der Waals surface area contributed by atoms with Crippen LogP contribution in [-0.2, 0) is 9.84 Å². The molecule has 2 aromatic rings. The molecular weight excluding hydrogens is 292 g/mol. The van der Waals surface area contributed by atoms with E-state index in [1.807, 2.05) is 0 Å². The van der Waals surface area contributed by atoms with Crippen LogP contribution in [0.5, 0.6) is 17.2 Å². The van der Waals surface area contributed by atoms with Crippen molar-refractivity contribution >= 4 is 15.4 Å². The normalized spacial score (nSPS) is 15.3. The van der Waals surface area contributed by atoms with Crippen molar-refractivity contribution in [1.82, 2.24) is 0 Å². The smallest absolute Gasteiger partial charge is 0.204 e. The van der Waals surface area contributed by atoms with Crippen molar-refractivity contribution in [3.05, 3.63) is 53.4 Å². The minimum absolute atomic E-state index is 0.0560. The summed E-state index contributed by atoms with van der Waals surface area (Å²) in [4.78, 5) is -0.0747. The summed E-state index contributed by atoms with van der Waals surface area (Å²) in [7, 11) is -3.63. The zero-order chi connectivity index (χ0) is 15.0. The van der Waals surface area contributed by atoms with Crippen LogP contribution in [-0.4, -0.2) is 25.2 Å². The Morgan fingerprint density at radius 2 is 1.71 bits per heavy atom. The van der Waals surface area contributed by atoms with Gasteiger partial charge >= 0.3 is 0 Å². The Hall–Kier alpha value is -2.47. The van der Waals surface area contributed by atoms with E-state index in [1.165, 1.54) is 18.2 Å². The molecule has 0 spiro atoms. The van der Waals surface area contributed by atoms with Crippen molar-refractivity contribution < 1.29 is 23.4 Å². The molecule has 1 heterocycles. The predicted molar refractivity (Wildman–Crippen MR) is 76.9 cm³/mol. The van der Waals surface area contributed by atoms with Crippen LogP contribution in [0.1, 0.15) is 5.56 Å². The van der Waals surface area contributed by atoms with Crippen LogP contribution < -0.4 is 4.74 Å². The summed E-state index contributed by atoms with van der Waals surface area (Å²) in [5, 5.41) is 20.0. The Bertz CT molecular complexity index is 820. The number of ether oxygens (including phenoxy) is 1. The number of hydrogen-bond donors (Lipinski definition) is 2. The summed E-state index contributed by atoms with van der Waals surface area (Å²) in [6.07, 6.45) is 0. The molecule has 0 bridgehead atoms. The van der Waals surface area contributed by atoms with E-state index in [9.17, 15) is 18.6 Å². The van der Waals surface area contributed by atoms with Crippen LogP contribution in [0.15, 0.2) is 52.8 Å². The number of phenolic OH excluding ortho intramolecular Hbond substituents is 2. The van der Waals surface area contributed by atoms with Gasteiger partial charge in [-0.1, -0.05) is 12.1 Å². The summed E-state index contributed by atoms with van der Waals surface area (Å²) in [6.45, 7) is 0.0560. The number of fused-ring (bicyclic) bond motifs is 1. The van der Waals surface area contributed by atoms with Crippen molar-refractivity contribution in [2.24, 2.45) is 0 Å². The first-order valence-electron chi connectivity index (χ1n) is 6.17. The van der Waals surface area contributed by atoms with Crippen LogP contribution in [0.3, 0.4) is 0 Å². The first-order valence-corrected chi connectivity index (χ1v) is 7.72. The predicted octanol–water partition coefficient (Wildman–Crippen LogP) is 2.31. The van der Waals surface area contributed by atoms with Crippen LogP contribution in [0.4, 0.5) is 0 Å². The Morgan fingerprint density at radius 1 is 1.00 bits per heavy atom. The van der Waals surface area contributed by atoms with Crippen molar-refractivity contribution in [2.75, 3.05) is 6.61 Å². The van der Waals surface area contributed by atoms with Crippen LogP contribution >= 0.6 is 0 Å². The maximum atomic E-state index is 12.0. The van der Waals surface area contributed by atoms with Crippen LogP contribution in [0.2, 0.25) is 0 Å². The Morgan fingerprint density at radius 3 is 2.43 bits per heavy atom. The van der Waals surface area contributed by atoms with Gasteiger partial charge in [-0.05, 0) is 30.3 Å². The highest BCUT2D eigenvalue weighted by Crippen LogP contribution is 2.39. The first kappa shape index (κ1) is 13.5. The van der Waals surface area contributed by atoms with Crippen molar-refractivity contribution in [1.29, 1.82) is 0 Å². The molecule has 0 radical (unpaired) electrons. The number of aromatic hydroxyl groups is 2.